The van der Waals surface area contributed by atoms with E-state index in [1.165, 1.54) is 23.9 Å². The summed E-state index contributed by atoms with van der Waals surface area (Å²) in [4.78, 5) is 21.8. The third-order valence-electron chi connectivity index (χ3n) is 4.48. The molecule has 0 saturated heterocycles. The summed E-state index contributed by atoms with van der Waals surface area (Å²) < 4.78 is 13.3. The molecule has 0 saturated carbocycles. The summed E-state index contributed by atoms with van der Waals surface area (Å²) in [6, 6.07) is 19.0. The number of thioether (sulfide) groups is 1. The number of hydrogen-bond donors (Lipinski definition) is 1. The second-order valence-corrected chi connectivity index (χ2v) is 8.02. The molecule has 4 rings (SSSR count). The van der Waals surface area contributed by atoms with Crippen molar-refractivity contribution in [1.82, 2.24) is 9.97 Å². The zero-order valence-electron chi connectivity index (χ0n) is 16.0. The molecule has 1 amide bonds. The lowest BCUT2D eigenvalue weighted by molar-refractivity contribution is -0.113. The van der Waals surface area contributed by atoms with Crippen LogP contribution in [0, 0.1) is 12.7 Å². The summed E-state index contributed by atoms with van der Waals surface area (Å²) in [6.45, 7) is 1.97. The molecule has 4 nitrogen and oxygen atoms in total. The number of halogens is 2. The van der Waals surface area contributed by atoms with E-state index in [0.29, 0.717) is 27.1 Å². The van der Waals surface area contributed by atoms with Gasteiger partial charge in [0, 0.05) is 10.9 Å². The lowest BCUT2D eigenvalue weighted by Crippen LogP contribution is -2.14. The number of carbonyl (C=O) groups excluding carboxylic acids is 1. The smallest absolute Gasteiger partial charge is 0.234 e. The molecule has 0 aliphatic carbocycles. The number of anilines is 1. The van der Waals surface area contributed by atoms with Crippen LogP contribution in [0.1, 0.15) is 5.56 Å². The number of hydrogen-bond acceptors (Lipinski definition) is 4. The van der Waals surface area contributed by atoms with E-state index in [2.05, 4.69) is 15.3 Å². The summed E-state index contributed by atoms with van der Waals surface area (Å²) in [5.74, 6) is 0.150. The Labute approximate surface area is 182 Å². The summed E-state index contributed by atoms with van der Waals surface area (Å²) in [5, 5.41) is 4.86. The van der Waals surface area contributed by atoms with Crippen LogP contribution in [0.2, 0.25) is 5.02 Å². The molecule has 7 heteroatoms. The number of nitrogens with one attached hydrogen (secondary N) is 1. The van der Waals surface area contributed by atoms with Crippen LogP contribution in [0.15, 0.2) is 71.8 Å². The number of aryl methyl sites for hydroxylation is 1. The summed E-state index contributed by atoms with van der Waals surface area (Å²) in [6.07, 6.45) is 0. The number of carbonyl (C=O) groups is 1. The molecule has 4 aromatic rings. The fraction of sp³-hybridized carbons (Fsp3) is 0.0870. The minimum absolute atomic E-state index is 0.161. The molecule has 0 aliphatic heterocycles. The van der Waals surface area contributed by atoms with Crippen LogP contribution in [-0.4, -0.2) is 21.6 Å². The first-order valence-corrected chi connectivity index (χ1v) is 10.6. The molecular weight excluding hydrogens is 421 g/mol. The first-order valence-electron chi connectivity index (χ1n) is 9.22. The van der Waals surface area contributed by atoms with Gasteiger partial charge >= 0.3 is 0 Å². The lowest BCUT2D eigenvalue weighted by Gasteiger charge is -2.11. The standard InChI is InChI=1S/C23H17ClFN3OS/c1-14-5-4-6-17-21(14)27-22(15-9-11-16(25)12-10-15)28-23(17)30-13-20(29)26-19-8-3-2-7-18(19)24/h2-12H,13H2,1H3,(H,26,29). The number of aromatic nitrogens is 2. The van der Waals surface area contributed by atoms with Crippen molar-refractivity contribution in [3.63, 3.8) is 0 Å². The van der Waals surface area contributed by atoms with E-state index >= 15 is 0 Å². The monoisotopic (exact) mass is 437 g/mol. The van der Waals surface area contributed by atoms with Gasteiger partial charge < -0.3 is 5.32 Å². The minimum Gasteiger partial charge on any atom is -0.324 e. The van der Waals surface area contributed by atoms with Crippen molar-refractivity contribution in [2.24, 2.45) is 0 Å². The molecule has 0 unspecified atom stereocenters. The van der Waals surface area contributed by atoms with Gasteiger partial charge in [-0.05, 0) is 48.9 Å². The molecular formula is C23H17ClFN3OS. The maximum Gasteiger partial charge on any atom is 0.234 e. The van der Waals surface area contributed by atoms with Crippen molar-refractivity contribution in [2.45, 2.75) is 11.9 Å². The van der Waals surface area contributed by atoms with Crippen molar-refractivity contribution in [3.05, 3.63) is 83.1 Å². The first-order chi connectivity index (χ1) is 14.5. The number of fused-ring (bicyclic) bond motifs is 1. The maximum atomic E-state index is 13.3. The van der Waals surface area contributed by atoms with E-state index in [4.69, 9.17) is 11.6 Å². The largest absolute Gasteiger partial charge is 0.324 e. The summed E-state index contributed by atoms with van der Waals surface area (Å²) >= 11 is 7.44. The second-order valence-electron chi connectivity index (χ2n) is 6.65. The molecule has 30 heavy (non-hydrogen) atoms. The highest BCUT2D eigenvalue weighted by Crippen LogP contribution is 2.30. The molecule has 0 atom stereocenters. The van der Waals surface area contributed by atoms with Crippen LogP contribution in [0.4, 0.5) is 10.1 Å². The van der Waals surface area contributed by atoms with Crippen LogP contribution in [0.25, 0.3) is 22.3 Å². The van der Waals surface area contributed by atoms with E-state index in [1.807, 2.05) is 31.2 Å². The molecule has 1 N–H and O–H groups in total. The van der Waals surface area contributed by atoms with Crippen LogP contribution in [-0.2, 0) is 4.79 Å². The normalized spacial score (nSPS) is 10.9. The van der Waals surface area contributed by atoms with E-state index in [9.17, 15) is 9.18 Å². The molecule has 1 aromatic heterocycles. The van der Waals surface area contributed by atoms with E-state index in [1.54, 1.807) is 30.3 Å². The fourth-order valence-corrected chi connectivity index (χ4v) is 3.98. The Morgan fingerprint density at radius 1 is 1.03 bits per heavy atom. The zero-order valence-corrected chi connectivity index (χ0v) is 17.6. The molecule has 0 aliphatic rings. The summed E-state index contributed by atoms with van der Waals surface area (Å²) in [7, 11) is 0. The summed E-state index contributed by atoms with van der Waals surface area (Å²) in [5.41, 5.74) is 3.09. The molecule has 0 radical (unpaired) electrons. The van der Waals surface area contributed by atoms with Crippen LogP contribution < -0.4 is 5.32 Å². The van der Waals surface area contributed by atoms with Crippen molar-refractivity contribution in [3.8, 4) is 11.4 Å². The lowest BCUT2D eigenvalue weighted by atomic mass is 10.1. The first kappa shape index (κ1) is 20.3. The van der Waals surface area contributed by atoms with E-state index in [0.717, 1.165) is 16.5 Å². The van der Waals surface area contributed by atoms with Gasteiger partial charge in [0.15, 0.2) is 5.82 Å². The van der Waals surface area contributed by atoms with Gasteiger partial charge in [0.1, 0.15) is 10.8 Å². The number of amides is 1. The Morgan fingerprint density at radius 2 is 1.80 bits per heavy atom. The number of rotatable bonds is 5. The number of para-hydroxylation sites is 2. The molecule has 3 aromatic carbocycles. The topological polar surface area (TPSA) is 54.9 Å². The van der Waals surface area contributed by atoms with Crippen LogP contribution >= 0.6 is 23.4 Å². The Balaban J connectivity index is 1.64. The van der Waals surface area contributed by atoms with Gasteiger partial charge in [0.2, 0.25) is 5.91 Å². The predicted molar refractivity (Wildman–Crippen MR) is 120 cm³/mol. The van der Waals surface area contributed by atoms with Crippen molar-refractivity contribution in [2.75, 3.05) is 11.1 Å². The Bertz CT molecular complexity index is 1230. The number of nitrogens with zero attached hydrogens (tertiary/aromatic N) is 2. The average Bonchev–Trinajstić information content (AvgIpc) is 2.74. The van der Waals surface area contributed by atoms with Gasteiger partial charge in [-0.15, -0.1) is 0 Å². The molecule has 1 heterocycles. The van der Waals surface area contributed by atoms with Gasteiger partial charge in [0.05, 0.1) is 22.0 Å². The van der Waals surface area contributed by atoms with Gasteiger partial charge in [-0.25, -0.2) is 14.4 Å². The van der Waals surface area contributed by atoms with Gasteiger partial charge in [-0.3, -0.25) is 4.79 Å². The highest BCUT2D eigenvalue weighted by Gasteiger charge is 2.14. The molecule has 0 fully saturated rings. The van der Waals surface area contributed by atoms with Gasteiger partial charge in [-0.1, -0.05) is 53.7 Å². The maximum absolute atomic E-state index is 13.3. The van der Waals surface area contributed by atoms with Gasteiger partial charge in [-0.2, -0.15) is 0 Å². The van der Waals surface area contributed by atoms with E-state index in [-0.39, 0.29) is 17.5 Å². The van der Waals surface area contributed by atoms with Gasteiger partial charge in [0.25, 0.3) is 0 Å². The molecule has 0 bridgehead atoms. The zero-order chi connectivity index (χ0) is 21.1. The van der Waals surface area contributed by atoms with Crippen molar-refractivity contribution < 1.29 is 9.18 Å². The molecule has 150 valence electrons. The van der Waals surface area contributed by atoms with Crippen molar-refractivity contribution >= 4 is 45.9 Å². The Morgan fingerprint density at radius 3 is 2.57 bits per heavy atom. The third kappa shape index (κ3) is 4.45. The quantitative estimate of drug-likeness (QED) is 0.301. The van der Waals surface area contributed by atoms with E-state index < -0.39 is 0 Å². The number of benzene rings is 3. The molecule has 0 spiro atoms. The minimum atomic E-state index is -0.318. The van der Waals surface area contributed by atoms with Crippen LogP contribution in [0.5, 0.6) is 0 Å². The third-order valence-corrected chi connectivity index (χ3v) is 5.80. The second kappa shape index (κ2) is 8.81. The Hall–Kier alpha value is -2.96. The predicted octanol–water partition coefficient (Wildman–Crippen LogP) is 6.13. The highest BCUT2D eigenvalue weighted by molar-refractivity contribution is 8.00. The Kier molecular flexibility index (Phi) is 5.97. The SMILES string of the molecule is Cc1cccc2c(SCC(=O)Nc3ccccc3Cl)nc(-c3ccc(F)cc3)nc12. The average molecular weight is 438 g/mol. The highest BCUT2D eigenvalue weighted by atomic mass is 35.5. The van der Waals surface area contributed by atoms with Crippen LogP contribution in [0.3, 0.4) is 0 Å². The fourth-order valence-electron chi connectivity index (χ4n) is 2.99. The van der Waals surface area contributed by atoms with Crippen molar-refractivity contribution in [1.29, 1.82) is 0 Å².